The van der Waals surface area contributed by atoms with Gasteiger partial charge < -0.3 is 14.2 Å². The molecule has 0 radical (unpaired) electrons. The Morgan fingerprint density at radius 3 is 3.00 bits per heavy atom. The van der Waals surface area contributed by atoms with Crippen molar-refractivity contribution in [3.05, 3.63) is 0 Å². The van der Waals surface area contributed by atoms with Gasteiger partial charge in [-0.25, -0.2) is 0 Å². The van der Waals surface area contributed by atoms with Crippen molar-refractivity contribution in [2.24, 2.45) is 0 Å². The largest absolute Gasteiger partial charge is 0.446 e. The third-order valence-electron chi connectivity index (χ3n) is 1.47. The molecule has 3 atom stereocenters. The van der Waals surface area contributed by atoms with Gasteiger partial charge in [-0.15, -0.1) is 0 Å². The lowest BCUT2D eigenvalue weighted by Crippen LogP contribution is -2.27. The molecule has 0 saturated carbocycles. The van der Waals surface area contributed by atoms with Crippen LogP contribution in [0.1, 0.15) is 6.92 Å². The van der Waals surface area contributed by atoms with E-state index in [9.17, 15) is 4.79 Å². The number of fused-ring (bicyclic) bond motifs is 2. The molecular weight excluding hydrogens is 168 g/mol. The third-order valence-corrected chi connectivity index (χ3v) is 2.61. The first-order valence-electron chi connectivity index (χ1n) is 3.35. The summed E-state index contributed by atoms with van der Waals surface area (Å²) in [4.78, 5) is 10.5. The number of esters is 1. The highest BCUT2D eigenvalue weighted by atomic mass is 32.2. The lowest BCUT2D eigenvalue weighted by atomic mass is 10.6. The highest BCUT2D eigenvalue weighted by molar-refractivity contribution is 8.00. The highest BCUT2D eigenvalue weighted by Crippen LogP contribution is 2.39. The molecule has 2 aliphatic heterocycles. The van der Waals surface area contributed by atoms with Gasteiger partial charge in [0.2, 0.25) is 11.7 Å². The summed E-state index contributed by atoms with van der Waals surface area (Å²) >= 11 is 1.50. The summed E-state index contributed by atoms with van der Waals surface area (Å²) in [6.07, 6.45) is -0.339. The molecule has 0 amide bonds. The van der Waals surface area contributed by atoms with Crippen LogP contribution >= 0.6 is 11.8 Å². The van der Waals surface area contributed by atoms with Crippen LogP contribution in [-0.4, -0.2) is 29.7 Å². The van der Waals surface area contributed by atoms with Gasteiger partial charge in [0.1, 0.15) is 5.44 Å². The molecule has 2 aliphatic rings. The minimum Gasteiger partial charge on any atom is -0.446 e. The minimum absolute atomic E-state index is 0.0596. The number of hydrogen-bond donors (Lipinski definition) is 0. The summed E-state index contributed by atoms with van der Waals surface area (Å²) in [5, 5.41) is 0. The molecule has 0 N–H and O–H groups in total. The molecule has 2 saturated heterocycles. The summed E-state index contributed by atoms with van der Waals surface area (Å²) in [7, 11) is 0. The highest BCUT2D eigenvalue weighted by Gasteiger charge is 2.44. The first kappa shape index (κ1) is 7.39. The molecule has 2 rings (SSSR count). The topological polar surface area (TPSA) is 44.8 Å². The quantitative estimate of drug-likeness (QED) is 0.538. The fourth-order valence-corrected chi connectivity index (χ4v) is 2.17. The van der Waals surface area contributed by atoms with Crippen LogP contribution in [0.25, 0.3) is 0 Å². The summed E-state index contributed by atoms with van der Waals surface area (Å²) in [5.74, 6) is -0.290. The van der Waals surface area contributed by atoms with Crippen molar-refractivity contribution in [3.63, 3.8) is 0 Å². The maximum Gasteiger partial charge on any atom is 0.303 e. The molecule has 4 nitrogen and oxygen atoms in total. The number of carbonyl (C=O) groups is 1. The third kappa shape index (κ3) is 1.36. The monoisotopic (exact) mass is 176 g/mol. The summed E-state index contributed by atoms with van der Waals surface area (Å²) < 4.78 is 15.3. The number of hydrogen-bond acceptors (Lipinski definition) is 5. The van der Waals surface area contributed by atoms with E-state index in [0.29, 0.717) is 6.61 Å². The molecule has 2 bridgehead atoms. The molecule has 0 aromatic heterocycles. The average molecular weight is 176 g/mol. The Morgan fingerprint density at radius 2 is 2.55 bits per heavy atom. The van der Waals surface area contributed by atoms with Crippen LogP contribution in [0.4, 0.5) is 0 Å². The van der Waals surface area contributed by atoms with Crippen LogP contribution < -0.4 is 0 Å². The van der Waals surface area contributed by atoms with Gasteiger partial charge in [-0.1, -0.05) is 11.8 Å². The number of rotatable bonds is 1. The molecular formula is C6H8O4S. The Labute approximate surface area is 68.2 Å². The average Bonchev–Trinajstić information content (AvgIpc) is 2.45. The fourth-order valence-electron chi connectivity index (χ4n) is 1.08. The standard InChI is InChI=1S/C6H8O4S/c1-3(7)9-6-5-8-2-4(10-5)11-6/h4-6H,2H2,1H3/t4-,5+,6+/m1/s1. The maximum atomic E-state index is 10.5. The predicted octanol–water partition coefficient (Wildman–Crippen LogP) is 0.321. The van der Waals surface area contributed by atoms with E-state index in [2.05, 4.69) is 0 Å². The lowest BCUT2D eigenvalue weighted by molar-refractivity contribution is -0.155. The summed E-state index contributed by atoms with van der Waals surface area (Å²) in [5.41, 5.74) is -0.199. The second-order valence-corrected chi connectivity index (χ2v) is 3.64. The normalized spacial score (nSPS) is 41.0. The molecule has 0 spiro atoms. The van der Waals surface area contributed by atoms with Crippen molar-refractivity contribution in [1.82, 2.24) is 0 Å². The maximum absolute atomic E-state index is 10.5. The molecule has 11 heavy (non-hydrogen) atoms. The Hall–Kier alpha value is -0.260. The van der Waals surface area contributed by atoms with Crippen molar-refractivity contribution < 1.29 is 19.0 Å². The van der Waals surface area contributed by atoms with E-state index in [4.69, 9.17) is 14.2 Å². The number of ether oxygens (including phenoxy) is 3. The summed E-state index contributed by atoms with van der Waals surface area (Å²) in [6.45, 7) is 1.99. The fraction of sp³-hybridized carbons (Fsp3) is 0.833. The Kier molecular flexibility index (Phi) is 1.78. The zero-order chi connectivity index (χ0) is 7.84. The van der Waals surface area contributed by atoms with Gasteiger partial charge in [-0.3, -0.25) is 4.79 Å². The second kappa shape index (κ2) is 2.66. The van der Waals surface area contributed by atoms with Crippen LogP contribution in [-0.2, 0) is 19.0 Å². The van der Waals surface area contributed by atoms with Crippen LogP contribution in [0.5, 0.6) is 0 Å². The summed E-state index contributed by atoms with van der Waals surface area (Å²) in [6, 6.07) is 0. The van der Waals surface area contributed by atoms with Gasteiger partial charge in [0.05, 0.1) is 6.61 Å². The number of thioether (sulfide) groups is 1. The molecule has 0 unspecified atom stereocenters. The van der Waals surface area contributed by atoms with Gasteiger partial charge in [0.25, 0.3) is 0 Å². The van der Waals surface area contributed by atoms with Crippen molar-refractivity contribution in [2.75, 3.05) is 6.61 Å². The van der Waals surface area contributed by atoms with Crippen molar-refractivity contribution in [1.29, 1.82) is 0 Å². The van der Waals surface area contributed by atoms with E-state index in [1.54, 1.807) is 0 Å². The Bertz CT molecular complexity index is 183. The lowest BCUT2D eigenvalue weighted by Gasteiger charge is -2.17. The minimum atomic E-state index is -0.339. The molecule has 62 valence electrons. The molecule has 0 aromatic carbocycles. The van der Waals surface area contributed by atoms with E-state index >= 15 is 0 Å². The van der Waals surface area contributed by atoms with Crippen LogP contribution in [0.2, 0.25) is 0 Å². The molecule has 2 heterocycles. The van der Waals surface area contributed by atoms with E-state index in [-0.39, 0.29) is 23.1 Å². The van der Waals surface area contributed by atoms with E-state index in [1.807, 2.05) is 0 Å². The van der Waals surface area contributed by atoms with Crippen LogP contribution in [0.15, 0.2) is 0 Å². The van der Waals surface area contributed by atoms with Crippen molar-refractivity contribution in [2.45, 2.75) is 24.1 Å². The van der Waals surface area contributed by atoms with Gasteiger partial charge in [0, 0.05) is 6.92 Å². The van der Waals surface area contributed by atoms with Crippen molar-refractivity contribution in [3.8, 4) is 0 Å². The van der Waals surface area contributed by atoms with Crippen LogP contribution in [0, 0.1) is 0 Å². The molecule has 5 heteroatoms. The smallest absolute Gasteiger partial charge is 0.303 e. The number of carbonyl (C=O) groups excluding carboxylic acids is 1. The van der Waals surface area contributed by atoms with Gasteiger partial charge in [-0.2, -0.15) is 0 Å². The Morgan fingerprint density at radius 1 is 1.73 bits per heavy atom. The second-order valence-electron chi connectivity index (χ2n) is 2.38. The molecule has 2 fully saturated rings. The van der Waals surface area contributed by atoms with Gasteiger partial charge in [-0.05, 0) is 0 Å². The molecule has 0 aliphatic carbocycles. The van der Waals surface area contributed by atoms with Gasteiger partial charge in [0.15, 0.2) is 0 Å². The zero-order valence-electron chi connectivity index (χ0n) is 5.98. The predicted molar refractivity (Wildman–Crippen MR) is 37.8 cm³/mol. The van der Waals surface area contributed by atoms with Crippen molar-refractivity contribution >= 4 is 17.7 Å². The molecule has 0 aromatic rings. The Balaban J connectivity index is 1.92. The van der Waals surface area contributed by atoms with E-state index < -0.39 is 0 Å². The van der Waals surface area contributed by atoms with Crippen LogP contribution in [0.3, 0.4) is 0 Å². The zero-order valence-corrected chi connectivity index (χ0v) is 6.80. The van der Waals surface area contributed by atoms with E-state index in [0.717, 1.165) is 0 Å². The van der Waals surface area contributed by atoms with Gasteiger partial charge >= 0.3 is 5.97 Å². The SMILES string of the molecule is CC(=O)O[C@H]1S[C@@H]2CO[C@H]1O2. The van der Waals surface area contributed by atoms with E-state index in [1.165, 1.54) is 18.7 Å². The first-order valence-corrected chi connectivity index (χ1v) is 4.30. The first-order chi connectivity index (χ1) is 5.25.